The van der Waals surface area contributed by atoms with Crippen LogP contribution in [0.25, 0.3) is 0 Å². The van der Waals surface area contributed by atoms with Gasteiger partial charge in [-0.05, 0) is 20.8 Å². The highest BCUT2D eigenvalue weighted by atomic mass is 19.4. The van der Waals surface area contributed by atoms with Gasteiger partial charge in [0.05, 0.1) is 0 Å². The van der Waals surface area contributed by atoms with Crippen LogP contribution in [0.4, 0.5) is 74.6 Å². The van der Waals surface area contributed by atoms with Crippen molar-refractivity contribution in [2.24, 2.45) is 0 Å². The molecule has 0 aromatic carbocycles. The lowest BCUT2D eigenvalue weighted by molar-refractivity contribution is -0.453. The fourth-order valence-corrected chi connectivity index (χ4v) is 2.08. The van der Waals surface area contributed by atoms with Crippen molar-refractivity contribution in [1.29, 1.82) is 0 Å². The maximum atomic E-state index is 13.8. The summed E-state index contributed by atoms with van der Waals surface area (Å²) in [7, 11) is 0. The molecule has 2 nitrogen and oxygen atoms in total. The summed E-state index contributed by atoms with van der Waals surface area (Å²) in [5.41, 5.74) is -4.62. The molecule has 0 radical (unpaired) electrons. The molecular weight excluding hydrogens is 535 g/mol. The van der Waals surface area contributed by atoms with E-state index in [9.17, 15) is 79.4 Å². The summed E-state index contributed by atoms with van der Waals surface area (Å²) in [5, 5.41) is 8.41. The zero-order valence-electron chi connectivity index (χ0n) is 16.4. The van der Waals surface area contributed by atoms with Crippen molar-refractivity contribution < 1.29 is 84.5 Å². The minimum atomic E-state index is -8.66. The quantitative estimate of drug-likeness (QED) is 0.241. The van der Waals surface area contributed by atoms with E-state index < -0.39 is 84.5 Å². The van der Waals surface area contributed by atoms with E-state index in [1.165, 1.54) is 0 Å². The van der Waals surface area contributed by atoms with Gasteiger partial charge in [0.2, 0.25) is 0 Å². The molecule has 0 fully saturated rings. The van der Waals surface area contributed by atoms with Crippen LogP contribution in [0.1, 0.15) is 20.8 Å². The summed E-state index contributed by atoms with van der Waals surface area (Å²) in [6.07, 6.45) is -4.53. The smallest absolute Gasteiger partial charge is 0.385 e. The van der Waals surface area contributed by atoms with Crippen LogP contribution in [-0.4, -0.2) is 64.6 Å². The number of hydrogen-bond acceptors (Lipinski definition) is 1. The lowest BCUT2D eigenvalue weighted by Gasteiger charge is -2.44. The summed E-state index contributed by atoms with van der Waals surface area (Å²) in [4.78, 5) is 10.5. The molecule has 0 aliphatic rings. The lowest BCUT2D eigenvalue weighted by Crippen LogP contribution is -2.75. The zero-order valence-corrected chi connectivity index (χ0v) is 16.4. The molecule has 0 aromatic rings. The van der Waals surface area contributed by atoms with Crippen LogP contribution in [0.2, 0.25) is 0 Å². The molecule has 19 heteroatoms. The number of carboxylic acid groups (broad SMARTS) is 1. The standard InChI is InChI=1S/C15H11F17O2/c1-4(7(33)34)5(2)8(17,18)10(21,22)12(25,26)14(29,30)15(31,32)13(27,28)11(23,24)9(19,20)6(3)16/h6H,1-3H3,(H,33,34)/b5-4+. The van der Waals surface area contributed by atoms with Gasteiger partial charge < -0.3 is 5.11 Å². The van der Waals surface area contributed by atoms with Crippen LogP contribution in [-0.2, 0) is 4.79 Å². The van der Waals surface area contributed by atoms with Crippen molar-refractivity contribution in [2.45, 2.75) is 74.3 Å². The molecule has 0 spiro atoms. The normalized spacial score (nSPS) is 17.4. The number of aliphatic carboxylic acids is 1. The van der Waals surface area contributed by atoms with Crippen LogP contribution in [0.5, 0.6) is 0 Å². The van der Waals surface area contributed by atoms with Crippen LogP contribution in [0, 0.1) is 0 Å². The van der Waals surface area contributed by atoms with Gasteiger partial charge >= 0.3 is 53.3 Å². The van der Waals surface area contributed by atoms with Crippen LogP contribution in [0.15, 0.2) is 11.1 Å². The van der Waals surface area contributed by atoms with E-state index in [0.717, 1.165) is 0 Å². The van der Waals surface area contributed by atoms with E-state index in [0.29, 0.717) is 0 Å². The fourth-order valence-electron chi connectivity index (χ4n) is 2.08. The average molecular weight is 546 g/mol. The molecule has 1 unspecified atom stereocenters. The summed E-state index contributed by atoms with van der Waals surface area (Å²) in [6.45, 7) is -1.05. The molecule has 0 saturated heterocycles. The van der Waals surface area contributed by atoms with Gasteiger partial charge in [-0.2, -0.15) is 70.2 Å². The van der Waals surface area contributed by atoms with Gasteiger partial charge in [-0.15, -0.1) is 0 Å². The molecule has 1 atom stereocenters. The van der Waals surface area contributed by atoms with Crippen molar-refractivity contribution in [3.8, 4) is 0 Å². The van der Waals surface area contributed by atoms with E-state index >= 15 is 0 Å². The molecule has 1 N–H and O–H groups in total. The Balaban J connectivity index is 7.07. The largest absolute Gasteiger partial charge is 0.478 e. The molecule has 0 aliphatic carbocycles. The van der Waals surface area contributed by atoms with Crippen LogP contribution < -0.4 is 0 Å². The first-order valence-corrected chi connectivity index (χ1v) is 8.04. The second-order valence-corrected chi connectivity index (χ2v) is 6.81. The van der Waals surface area contributed by atoms with E-state index in [4.69, 9.17) is 5.11 Å². The van der Waals surface area contributed by atoms with Gasteiger partial charge in [-0.3, -0.25) is 0 Å². The van der Waals surface area contributed by atoms with E-state index in [1.54, 1.807) is 0 Å². The molecule has 34 heavy (non-hydrogen) atoms. The third-order valence-electron chi connectivity index (χ3n) is 4.64. The lowest BCUT2D eigenvalue weighted by atomic mass is 9.85. The van der Waals surface area contributed by atoms with Crippen LogP contribution in [0.3, 0.4) is 0 Å². The Morgan fingerprint density at radius 3 is 1.12 bits per heavy atom. The van der Waals surface area contributed by atoms with Crippen molar-refractivity contribution in [3.05, 3.63) is 11.1 Å². The van der Waals surface area contributed by atoms with Crippen molar-refractivity contribution >= 4 is 5.97 Å². The summed E-state index contributed by atoms with van der Waals surface area (Å²) in [6, 6.07) is 0. The second kappa shape index (κ2) is 8.30. The van der Waals surface area contributed by atoms with E-state index in [1.807, 2.05) is 0 Å². The van der Waals surface area contributed by atoms with E-state index in [-0.39, 0.29) is 6.92 Å². The highest BCUT2D eigenvalue weighted by Gasteiger charge is 2.95. The maximum absolute atomic E-state index is 13.8. The number of alkyl halides is 17. The van der Waals surface area contributed by atoms with Crippen molar-refractivity contribution in [3.63, 3.8) is 0 Å². The van der Waals surface area contributed by atoms with Crippen LogP contribution >= 0.6 is 0 Å². The third kappa shape index (κ3) is 3.85. The molecular formula is C15H11F17O2. The van der Waals surface area contributed by atoms with Crippen molar-refractivity contribution in [2.75, 3.05) is 0 Å². The number of carboxylic acids is 1. The first kappa shape index (κ1) is 32.0. The summed E-state index contributed by atoms with van der Waals surface area (Å²) >= 11 is 0. The predicted molar refractivity (Wildman–Crippen MR) is 76.2 cm³/mol. The highest BCUT2D eigenvalue weighted by molar-refractivity contribution is 5.87. The Bertz CT molecular complexity index is 825. The zero-order chi connectivity index (χ0) is 28.3. The Morgan fingerprint density at radius 1 is 0.588 bits per heavy atom. The SMILES string of the molecule is C/C(C(=O)O)=C(/C)C(F)(F)C(F)(F)C(F)(F)C(F)(F)C(F)(F)C(F)(F)C(F)(F)C(F)(F)C(C)F. The van der Waals surface area contributed by atoms with Gasteiger partial charge in [0, 0.05) is 11.1 Å². The molecule has 202 valence electrons. The molecule has 0 bridgehead atoms. The molecule has 0 aromatic heterocycles. The van der Waals surface area contributed by atoms with Gasteiger partial charge in [-0.25, -0.2) is 9.18 Å². The number of carbonyl (C=O) groups is 1. The molecule has 0 amide bonds. The molecule has 0 rings (SSSR count). The Kier molecular flexibility index (Phi) is 7.82. The number of rotatable bonds is 10. The van der Waals surface area contributed by atoms with Gasteiger partial charge in [0.1, 0.15) is 0 Å². The first-order chi connectivity index (χ1) is 14.5. The number of allylic oxidation sites excluding steroid dienone is 1. The summed E-state index contributed by atoms with van der Waals surface area (Å²) in [5.74, 6) is -66.5. The number of hydrogen-bond donors (Lipinski definition) is 1. The van der Waals surface area contributed by atoms with Gasteiger partial charge in [0.15, 0.2) is 6.17 Å². The highest BCUT2D eigenvalue weighted by Crippen LogP contribution is 2.64. The Labute approximate surface area is 177 Å². The predicted octanol–water partition coefficient (Wildman–Crippen LogP) is 6.85. The summed E-state index contributed by atoms with van der Waals surface area (Å²) < 4.78 is 229. The molecule has 0 heterocycles. The van der Waals surface area contributed by atoms with Gasteiger partial charge in [-0.1, -0.05) is 0 Å². The topological polar surface area (TPSA) is 37.3 Å². The Morgan fingerprint density at radius 2 is 0.853 bits per heavy atom. The average Bonchev–Trinajstić information content (AvgIpc) is 2.65. The Hall–Kier alpha value is -1.98. The van der Waals surface area contributed by atoms with Crippen molar-refractivity contribution in [1.82, 2.24) is 0 Å². The molecule has 0 aliphatic heterocycles. The minimum Gasteiger partial charge on any atom is -0.478 e. The monoisotopic (exact) mass is 546 g/mol. The van der Waals surface area contributed by atoms with Gasteiger partial charge in [0.25, 0.3) is 0 Å². The second-order valence-electron chi connectivity index (χ2n) is 6.81. The fraction of sp³-hybridized carbons (Fsp3) is 0.800. The third-order valence-corrected chi connectivity index (χ3v) is 4.64. The number of halogens is 17. The first-order valence-electron chi connectivity index (χ1n) is 8.04. The molecule has 0 saturated carbocycles. The van der Waals surface area contributed by atoms with E-state index in [2.05, 4.69) is 0 Å². The minimum absolute atomic E-state index is 0.0153. The maximum Gasteiger partial charge on any atom is 0.385 e.